The van der Waals surface area contributed by atoms with Crippen LogP contribution in [0.5, 0.6) is 17.2 Å². The lowest BCUT2D eigenvalue weighted by molar-refractivity contribution is 0.215. The van der Waals surface area contributed by atoms with Crippen LogP contribution in [0, 0.1) is 34.6 Å². The summed E-state index contributed by atoms with van der Waals surface area (Å²) in [6.45, 7) is 9.75. The molecule has 0 bridgehead atoms. The van der Waals surface area contributed by atoms with E-state index in [0.717, 1.165) is 50.8 Å². The lowest BCUT2D eigenvalue weighted by Crippen LogP contribution is -2.16. The van der Waals surface area contributed by atoms with Gasteiger partial charge in [-0.25, -0.2) is 4.79 Å². The average molecular weight is 443 g/mol. The van der Waals surface area contributed by atoms with Crippen molar-refractivity contribution in [2.24, 2.45) is 0 Å². The number of rotatable bonds is 5. The second-order valence-electron chi connectivity index (χ2n) is 8.10. The van der Waals surface area contributed by atoms with Crippen LogP contribution >= 0.6 is 0 Å². The molecular weight excluding hydrogens is 416 g/mol. The molecule has 0 saturated heterocycles. The minimum Gasteiger partial charge on any atom is -0.457 e. The summed E-state index contributed by atoms with van der Waals surface area (Å²) in [6.07, 6.45) is -0.545. The van der Waals surface area contributed by atoms with Gasteiger partial charge in [0.2, 0.25) is 0 Å². The molecule has 1 amide bonds. The molecule has 0 saturated carbocycles. The van der Waals surface area contributed by atoms with E-state index in [-0.39, 0.29) is 0 Å². The summed E-state index contributed by atoms with van der Waals surface area (Å²) >= 11 is 0. The Balaban J connectivity index is 1.55. The lowest BCUT2D eigenvalue weighted by atomic mass is 10.0. The third-order valence-electron chi connectivity index (χ3n) is 5.25. The van der Waals surface area contributed by atoms with E-state index in [0.29, 0.717) is 11.4 Å². The topological polar surface area (TPSA) is 73.6 Å². The molecule has 0 radical (unpaired) electrons. The quantitative estimate of drug-likeness (QED) is 0.351. The Morgan fingerprint density at radius 2 is 1.58 bits per heavy atom. The first-order valence-electron chi connectivity index (χ1n) is 10.7. The molecule has 168 valence electrons. The van der Waals surface area contributed by atoms with Crippen molar-refractivity contribution in [2.45, 2.75) is 34.6 Å². The zero-order valence-corrected chi connectivity index (χ0v) is 19.4. The zero-order chi connectivity index (χ0) is 23.5. The Morgan fingerprint density at radius 1 is 0.879 bits per heavy atom. The Kier molecular flexibility index (Phi) is 6.18. The van der Waals surface area contributed by atoms with Crippen molar-refractivity contribution in [1.82, 2.24) is 5.16 Å². The second kappa shape index (κ2) is 9.20. The summed E-state index contributed by atoms with van der Waals surface area (Å²) in [5, 5.41) is 6.84. The van der Waals surface area contributed by atoms with Gasteiger partial charge in [0.15, 0.2) is 0 Å². The summed E-state index contributed by atoms with van der Waals surface area (Å²) in [4.78, 5) is 12.2. The fourth-order valence-corrected chi connectivity index (χ4v) is 3.89. The number of carbonyl (C=O) groups excluding carboxylic acids is 1. The molecule has 1 N–H and O–H groups in total. The fourth-order valence-electron chi connectivity index (χ4n) is 3.89. The van der Waals surface area contributed by atoms with Crippen LogP contribution in [0.3, 0.4) is 0 Å². The van der Waals surface area contributed by atoms with E-state index < -0.39 is 6.09 Å². The SMILES string of the molecule is Cc1cc(Oc2c(C)cc(NC(=O)Oc3ccccc3)cc2C)cc(-c2c(C)noc2C)c1. The van der Waals surface area contributed by atoms with Crippen LogP contribution in [0.2, 0.25) is 0 Å². The first-order chi connectivity index (χ1) is 15.8. The predicted molar refractivity (Wildman–Crippen MR) is 128 cm³/mol. The first kappa shape index (κ1) is 22.1. The molecule has 0 unspecified atom stereocenters. The van der Waals surface area contributed by atoms with Crippen molar-refractivity contribution >= 4 is 11.8 Å². The van der Waals surface area contributed by atoms with Crippen molar-refractivity contribution in [1.29, 1.82) is 0 Å². The number of aryl methyl sites for hydroxylation is 5. The van der Waals surface area contributed by atoms with Gasteiger partial charge in [0.05, 0.1) is 5.69 Å². The number of amides is 1. The van der Waals surface area contributed by atoms with E-state index in [1.54, 1.807) is 12.1 Å². The van der Waals surface area contributed by atoms with Crippen molar-refractivity contribution in [2.75, 3.05) is 5.32 Å². The van der Waals surface area contributed by atoms with Crippen LogP contribution in [0.15, 0.2) is 65.2 Å². The number of hydrogen-bond acceptors (Lipinski definition) is 5. The van der Waals surface area contributed by atoms with Crippen molar-refractivity contribution in [3.63, 3.8) is 0 Å². The van der Waals surface area contributed by atoms with E-state index >= 15 is 0 Å². The third-order valence-corrected chi connectivity index (χ3v) is 5.25. The van der Waals surface area contributed by atoms with Crippen LogP contribution in [0.4, 0.5) is 10.5 Å². The zero-order valence-electron chi connectivity index (χ0n) is 19.4. The van der Waals surface area contributed by atoms with Crippen LogP contribution in [-0.4, -0.2) is 11.2 Å². The second-order valence-corrected chi connectivity index (χ2v) is 8.10. The van der Waals surface area contributed by atoms with E-state index in [2.05, 4.69) is 16.5 Å². The van der Waals surface area contributed by atoms with E-state index in [4.69, 9.17) is 14.0 Å². The highest BCUT2D eigenvalue weighted by Crippen LogP contribution is 2.35. The molecule has 6 nitrogen and oxygen atoms in total. The van der Waals surface area contributed by atoms with Gasteiger partial charge in [0.1, 0.15) is 23.0 Å². The number of carbonyl (C=O) groups is 1. The Bertz CT molecular complexity index is 1270. The minimum atomic E-state index is -0.545. The monoisotopic (exact) mass is 442 g/mol. The van der Waals surface area contributed by atoms with Crippen molar-refractivity contribution in [3.8, 4) is 28.4 Å². The Hall–Kier alpha value is -4.06. The maximum atomic E-state index is 12.2. The highest BCUT2D eigenvalue weighted by Gasteiger charge is 2.15. The standard InChI is InChI=1S/C27H26N2O4/c1-16-11-21(25-19(4)29-33-20(25)5)15-24(12-16)31-26-17(2)13-22(14-18(26)3)28-27(30)32-23-9-7-6-8-10-23/h6-15H,1-5H3,(H,28,30). The minimum absolute atomic E-state index is 0.483. The van der Waals surface area contributed by atoms with Gasteiger partial charge in [-0.15, -0.1) is 0 Å². The predicted octanol–water partition coefficient (Wildman–Crippen LogP) is 7.29. The molecule has 0 aliphatic heterocycles. The number of para-hydroxylation sites is 1. The molecular formula is C27H26N2O4. The van der Waals surface area contributed by atoms with Gasteiger partial charge < -0.3 is 14.0 Å². The van der Waals surface area contributed by atoms with Gasteiger partial charge in [0.25, 0.3) is 0 Å². The number of ether oxygens (including phenoxy) is 2. The smallest absolute Gasteiger partial charge is 0.417 e. The van der Waals surface area contributed by atoms with Crippen LogP contribution < -0.4 is 14.8 Å². The number of nitrogens with zero attached hydrogens (tertiary/aromatic N) is 1. The van der Waals surface area contributed by atoms with Gasteiger partial charge >= 0.3 is 6.09 Å². The molecule has 4 aromatic rings. The van der Waals surface area contributed by atoms with Gasteiger partial charge in [-0.3, -0.25) is 5.32 Å². The number of anilines is 1. The molecule has 0 aliphatic carbocycles. The Labute approximate surface area is 193 Å². The molecule has 1 aromatic heterocycles. The van der Waals surface area contributed by atoms with Gasteiger partial charge in [-0.2, -0.15) is 0 Å². The molecule has 4 rings (SSSR count). The van der Waals surface area contributed by atoms with E-state index in [9.17, 15) is 4.79 Å². The van der Waals surface area contributed by atoms with Gasteiger partial charge in [-0.05, 0) is 93.3 Å². The van der Waals surface area contributed by atoms with Gasteiger partial charge in [0, 0.05) is 11.3 Å². The van der Waals surface area contributed by atoms with Crippen molar-refractivity contribution in [3.05, 3.63) is 88.8 Å². The maximum Gasteiger partial charge on any atom is 0.417 e. The maximum absolute atomic E-state index is 12.2. The van der Waals surface area contributed by atoms with Crippen molar-refractivity contribution < 1.29 is 18.8 Å². The molecule has 3 aromatic carbocycles. The Morgan fingerprint density at radius 3 is 2.21 bits per heavy atom. The number of aromatic nitrogens is 1. The molecule has 0 aliphatic rings. The number of nitrogens with one attached hydrogen (secondary N) is 1. The first-order valence-corrected chi connectivity index (χ1v) is 10.7. The van der Waals surface area contributed by atoms with Crippen LogP contribution in [-0.2, 0) is 0 Å². The lowest BCUT2D eigenvalue weighted by Gasteiger charge is -2.16. The van der Waals surface area contributed by atoms with Gasteiger partial charge in [-0.1, -0.05) is 29.4 Å². The molecule has 0 fully saturated rings. The summed E-state index contributed by atoms with van der Waals surface area (Å²) in [7, 11) is 0. The van der Waals surface area contributed by atoms with Crippen LogP contribution in [0.1, 0.15) is 28.1 Å². The summed E-state index contributed by atoms with van der Waals surface area (Å²) in [5.74, 6) is 2.72. The molecule has 33 heavy (non-hydrogen) atoms. The highest BCUT2D eigenvalue weighted by molar-refractivity contribution is 5.86. The van der Waals surface area contributed by atoms with Crippen LogP contribution in [0.25, 0.3) is 11.1 Å². The normalized spacial score (nSPS) is 10.7. The molecule has 6 heteroatoms. The highest BCUT2D eigenvalue weighted by atomic mass is 16.6. The number of hydrogen-bond donors (Lipinski definition) is 1. The summed E-state index contributed by atoms with van der Waals surface area (Å²) in [5.41, 5.74) is 6.32. The molecule has 1 heterocycles. The molecule has 0 spiro atoms. The summed E-state index contributed by atoms with van der Waals surface area (Å²) < 4.78 is 16.9. The third kappa shape index (κ3) is 5.06. The average Bonchev–Trinajstić information content (AvgIpc) is 3.09. The van der Waals surface area contributed by atoms with E-state index in [1.807, 2.05) is 77.1 Å². The van der Waals surface area contributed by atoms with E-state index in [1.165, 1.54) is 0 Å². The number of benzene rings is 3. The fraction of sp³-hybridized carbons (Fsp3) is 0.185. The largest absolute Gasteiger partial charge is 0.457 e. The summed E-state index contributed by atoms with van der Waals surface area (Å²) in [6, 6.07) is 18.7. The molecule has 0 atom stereocenters.